The van der Waals surface area contributed by atoms with E-state index in [1.54, 1.807) is 6.07 Å². The van der Waals surface area contributed by atoms with Gasteiger partial charge in [-0.3, -0.25) is 0 Å². The van der Waals surface area contributed by atoms with Crippen LogP contribution in [-0.4, -0.2) is 4.57 Å². The van der Waals surface area contributed by atoms with E-state index in [4.69, 9.17) is 0 Å². The van der Waals surface area contributed by atoms with Crippen LogP contribution < -0.4 is 0 Å². The zero-order valence-electron chi connectivity index (χ0n) is 13.1. The van der Waals surface area contributed by atoms with E-state index in [-0.39, 0.29) is 16.6 Å². The summed E-state index contributed by atoms with van der Waals surface area (Å²) < 4.78 is 16.5. The van der Waals surface area contributed by atoms with Gasteiger partial charge in [0.05, 0.1) is 0 Å². The number of rotatable bonds is 0. The lowest BCUT2D eigenvalue weighted by Gasteiger charge is -2.21. The normalized spacial score (nSPS) is 13.3. The van der Waals surface area contributed by atoms with Crippen molar-refractivity contribution in [1.82, 2.24) is 4.57 Å². The molecule has 104 valence electrons. The second-order valence-electron chi connectivity index (χ2n) is 7.50. The minimum Gasteiger partial charge on any atom is -0.350 e. The highest BCUT2D eigenvalue weighted by Crippen LogP contribution is 2.35. The summed E-state index contributed by atoms with van der Waals surface area (Å²) in [7, 11) is 2.03. The van der Waals surface area contributed by atoms with Crippen LogP contribution in [0.5, 0.6) is 0 Å². The molecule has 1 heterocycles. The largest absolute Gasteiger partial charge is 0.350 e. The van der Waals surface area contributed by atoms with Crippen molar-refractivity contribution >= 4 is 10.9 Å². The maximum absolute atomic E-state index is 14.4. The van der Waals surface area contributed by atoms with Crippen LogP contribution in [0.4, 0.5) is 4.39 Å². The fraction of sp³-hybridized carbons (Fsp3) is 0.529. The first-order chi connectivity index (χ1) is 8.51. The maximum atomic E-state index is 14.4. The lowest BCUT2D eigenvalue weighted by Crippen LogP contribution is -2.14. The van der Waals surface area contributed by atoms with Crippen molar-refractivity contribution in [3.8, 4) is 0 Å². The SMILES string of the molecule is Cn1cc(C(C)(C)C)c2cc(F)c(C(C)(C)C)cc21. The molecule has 1 aromatic carbocycles. The number of nitrogens with zero attached hydrogens (tertiary/aromatic N) is 1. The third-order valence-electron chi connectivity index (χ3n) is 3.69. The summed E-state index contributed by atoms with van der Waals surface area (Å²) in [6.45, 7) is 12.6. The van der Waals surface area contributed by atoms with E-state index in [0.717, 1.165) is 16.5 Å². The Morgan fingerprint density at radius 1 is 0.895 bits per heavy atom. The molecule has 1 aromatic heterocycles. The van der Waals surface area contributed by atoms with Crippen LogP contribution in [0.3, 0.4) is 0 Å². The van der Waals surface area contributed by atoms with Gasteiger partial charge in [-0.25, -0.2) is 4.39 Å². The molecule has 2 heteroatoms. The maximum Gasteiger partial charge on any atom is 0.127 e. The number of aromatic nitrogens is 1. The van der Waals surface area contributed by atoms with Crippen LogP contribution in [0.1, 0.15) is 52.7 Å². The Bertz CT molecular complexity index is 621. The number of hydrogen-bond acceptors (Lipinski definition) is 0. The number of halogens is 1. The minimum atomic E-state index is -0.176. The van der Waals surface area contributed by atoms with E-state index < -0.39 is 0 Å². The summed E-state index contributed by atoms with van der Waals surface area (Å²) in [6.07, 6.45) is 2.12. The Kier molecular flexibility index (Phi) is 3.04. The van der Waals surface area contributed by atoms with E-state index in [1.807, 2.05) is 33.9 Å². The molecule has 0 saturated carbocycles. The fourth-order valence-corrected chi connectivity index (χ4v) is 2.57. The van der Waals surface area contributed by atoms with Crippen molar-refractivity contribution < 1.29 is 4.39 Å². The number of hydrogen-bond donors (Lipinski definition) is 0. The summed E-state index contributed by atoms with van der Waals surface area (Å²) in [5.74, 6) is -0.100. The molecular weight excluding hydrogens is 237 g/mol. The first-order valence-corrected chi connectivity index (χ1v) is 6.81. The predicted molar refractivity (Wildman–Crippen MR) is 80.3 cm³/mol. The van der Waals surface area contributed by atoms with Gasteiger partial charge in [0.1, 0.15) is 5.82 Å². The van der Waals surface area contributed by atoms with Crippen molar-refractivity contribution in [1.29, 1.82) is 0 Å². The minimum absolute atomic E-state index is 0.0230. The standard InChI is InChI=1S/C17H24FN/c1-16(2,3)12-9-15-11(8-14(12)18)13(10-19(15)7)17(4,5)6/h8-10H,1-7H3. The van der Waals surface area contributed by atoms with Crippen molar-refractivity contribution in [2.45, 2.75) is 52.4 Å². The zero-order valence-corrected chi connectivity index (χ0v) is 13.1. The first-order valence-electron chi connectivity index (χ1n) is 6.81. The smallest absolute Gasteiger partial charge is 0.127 e. The van der Waals surface area contributed by atoms with Crippen molar-refractivity contribution in [3.05, 3.63) is 35.3 Å². The van der Waals surface area contributed by atoms with Gasteiger partial charge in [0, 0.05) is 24.1 Å². The number of aryl methyl sites for hydroxylation is 1. The molecule has 0 aliphatic rings. The van der Waals surface area contributed by atoms with Crippen LogP contribution in [0.2, 0.25) is 0 Å². The van der Waals surface area contributed by atoms with Crippen molar-refractivity contribution in [2.75, 3.05) is 0 Å². The second-order valence-corrected chi connectivity index (χ2v) is 7.50. The summed E-state index contributed by atoms with van der Waals surface area (Å²) >= 11 is 0. The van der Waals surface area contributed by atoms with Gasteiger partial charge in [0.25, 0.3) is 0 Å². The summed E-state index contributed by atoms with van der Waals surface area (Å²) in [5, 5.41) is 1.03. The lowest BCUT2D eigenvalue weighted by atomic mass is 9.83. The van der Waals surface area contributed by atoms with E-state index in [2.05, 4.69) is 31.5 Å². The fourth-order valence-electron chi connectivity index (χ4n) is 2.57. The molecule has 0 aliphatic carbocycles. The van der Waals surface area contributed by atoms with Gasteiger partial charge in [0.15, 0.2) is 0 Å². The molecule has 2 aromatic rings. The number of fused-ring (bicyclic) bond motifs is 1. The Morgan fingerprint density at radius 2 is 1.42 bits per heavy atom. The van der Waals surface area contributed by atoms with E-state index in [1.165, 1.54) is 5.56 Å². The molecule has 0 saturated heterocycles. The highest BCUT2D eigenvalue weighted by Gasteiger charge is 2.24. The third-order valence-corrected chi connectivity index (χ3v) is 3.69. The molecule has 0 amide bonds. The van der Waals surface area contributed by atoms with Crippen LogP contribution in [0.25, 0.3) is 10.9 Å². The van der Waals surface area contributed by atoms with Crippen molar-refractivity contribution in [2.24, 2.45) is 7.05 Å². The second kappa shape index (κ2) is 4.09. The molecule has 0 atom stereocenters. The third kappa shape index (κ3) is 2.41. The Hall–Kier alpha value is -1.31. The molecule has 0 bridgehead atoms. The van der Waals surface area contributed by atoms with Gasteiger partial charge < -0.3 is 4.57 Å². The Balaban J connectivity index is 2.81. The predicted octanol–water partition coefficient (Wildman–Crippen LogP) is 4.91. The topological polar surface area (TPSA) is 4.93 Å². The van der Waals surface area contributed by atoms with E-state index >= 15 is 0 Å². The van der Waals surface area contributed by atoms with Gasteiger partial charge in [-0.2, -0.15) is 0 Å². The molecule has 0 N–H and O–H groups in total. The summed E-state index contributed by atoms with van der Waals surface area (Å²) in [5.41, 5.74) is 2.93. The molecule has 0 unspecified atom stereocenters. The van der Waals surface area contributed by atoms with Gasteiger partial charge in [-0.05, 0) is 34.1 Å². The molecule has 0 fully saturated rings. The van der Waals surface area contributed by atoms with Crippen LogP contribution in [0.15, 0.2) is 18.3 Å². The van der Waals surface area contributed by atoms with Crippen LogP contribution in [0, 0.1) is 5.82 Å². The molecule has 19 heavy (non-hydrogen) atoms. The van der Waals surface area contributed by atoms with Gasteiger partial charge in [-0.15, -0.1) is 0 Å². The lowest BCUT2D eigenvalue weighted by molar-refractivity contribution is 0.524. The van der Waals surface area contributed by atoms with Crippen LogP contribution >= 0.6 is 0 Å². The van der Waals surface area contributed by atoms with Gasteiger partial charge in [0.2, 0.25) is 0 Å². The quantitative estimate of drug-likeness (QED) is 0.635. The van der Waals surface area contributed by atoms with E-state index in [0.29, 0.717) is 0 Å². The highest BCUT2D eigenvalue weighted by molar-refractivity contribution is 5.86. The molecular formula is C17H24FN. The Labute approximate surface area is 115 Å². The number of benzene rings is 1. The summed E-state index contributed by atoms with van der Waals surface area (Å²) in [6, 6.07) is 3.70. The van der Waals surface area contributed by atoms with Gasteiger partial charge >= 0.3 is 0 Å². The highest BCUT2D eigenvalue weighted by atomic mass is 19.1. The molecule has 0 aliphatic heterocycles. The van der Waals surface area contributed by atoms with Crippen LogP contribution in [-0.2, 0) is 17.9 Å². The summed E-state index contributed by atoms with van der Waals surface area (Å²) in [4.78, 5) is 0. The van der Waals surface area contributed by atoms with E-state index in [9.17, 15) is 4.39 Å². The average molecular weight is 261 g/mol. The molecule has 1 nitrogen and oxygen atoms in total. The van der Waals surface area contributed by atoms with Crippen molar-refractivity contribution in [3.63, 3.8) is 0 Å². The first kappa shape index (κ1) is 14.1. The average Bonchev–Trinajstić information content (AvgIpc) is 2.52. The van der Waals surface area contributed by atoms with Gasteiger partial charge in [-0.1, -0.05) is 41.5 Å². The monoisotopic (exact) mass is 261 g/mol. The Morgan fingerprint density at radius 3 is 1.89 bits per heavy atom. The molecule has 0 radical (unpaired) electrons. The molecule has 0 spiro atoms. The zero-order chi connectivity index (χ0) is 14.6. The molecule has 2 rings (SSSR count).